The van der Waals surface area contributed by atoms with Crippen LogP contribution in [0.3, 0.4) is 0 Å². The topological polar surface area (TPSA) is 0 Å². The van der Waals surface area contributed by atoms with Crippen LogP contribution < -0.4 is 0 Å². The number of likely N-dealkylation sites (N-methyl/N-ethyl adjacent to an activating group) is 1. The average Bonchev–Trinajstić information content (AvgIpc) is 2.64. The van der Waals surface area contributed by atoms with E-state index < -0.39 is 0 Å². The Labute approximate surface area is 146 Å². The molecule has 1 rings (SSSR count). The predicted octanol–water partition coefficient (Wildman–Crippen LogP) is 3.56. The van der Waals surface area contributed by atoms with Crippen molar-refractivity contribution in [1.82, 2.24) is 0 Å². The van der Waals surface area contributed by atoms with Gasteiger partial charge in [0.15, 0.2) is 0 Å². The first-order valence-corrected chi connectivity index (χ1v) is 8.07. The molecule has 0 N–H and O–H groups in total. The van der Waals surface area contributed by atoms with E-state index in [1.54, 1.807) is 0 Å². The van der Waals surface area contributed by atoms with Crippen molar-refractivity contribution < 1.29 is 27.5 Å². The fourth-order valence-corrected chi connectivity index (χ4v) is 3.34. The molecule has 1 aliphatic heterocycles. The van der Waals surface area contributed by atoms with Crippen LogP contribution in [-0.2, 0) is 18.6 Å². The summed E-state index contributed by atoms with van der Waals surface area (Å²) < 4.78 is 2.20. The second kappa shape index (κ2) is 10.7. The molecule has 0 bridgehead atoms. The molecule has 0 aromatic carbocycles. The molecule has 0 aliphatic carbocycles. The third kappa shape index (κ3) is 9.57. The molecule has 21 heavy (non-hydrogen) atoms. The molecular formula is C18H38N2V+2. The van der Waals surface area contributed by atoms with Gasteiger partial charge in [0.25, 0.3) is 0 Å². The van der Waals surface area contributed by atoms with Crippen molar-refractivity contribution in [2.75, 3.05) is 54.4 Å². The van der Waals surface area contributed by atoms with Crippen LogP contribution in [0.4, 0.5) is 0 Å². The van der Waals surface area contributed by atoms with E-state index in [4.69, 9.17) is 0 Å². The molecule has 0 spiro atoms. The molecule has 1 radical (unpaired) electrons. The second-order valence-corrected chi connectivity index (χ2v) is 7.52. The summed E-state index contributed by atoms with van der Waals surface area (Å²) in [5.41, 5.74) is 0. The zero-order chi connectivity index (χ0) is 15.8. The molecule has 1 saturated heterocycles. The third-order valence-corrected chi connectivity index (χ3v) is 4.42. The Morgan fingerprint density at radius 1 is 0.952 bits per heavy atom. The molecule has 1 aliphatic rings. The standard InChI is InChI=1S/C10H22N.C8H16N.V/c1-5-9-7-11(3,4)8-10(9)6-2;1-5-7-9(3,4)8-6-2;/h9-10H,5-8H2,1-4H3;5-6H,1-2,7-8H2,3-4H3;/q2*+1;. The Bertz CT molecular complexity index is 272. The van der Waals surface area contributed by atoms with Gasteiger partial charge in [-0.2, -0.15) is 0 Å². The minimum absolute atomic E-state index is 0. The van der Waals surface area contributed by atoms with Gasteiger partial charge < -0.3 is 8.97 Å². The van der Waals surface area contributed by atoms with Crippen LogP contribution >= 0.6 is 0 Å². The molecule has 2 atom stereocenters. The molecule has 1 fully saturated rings. The fraction of sp³-hybridized carbons (Fsp3) is 0.778. The van der Waals surface area contributed by atoms with E-state index in [0.717, 1.165) is 29.4 Å². The second-order valence-electron chi connectivity index (χ2n) is 7.52. The summed E-state index contributed by atoms with van der Waals surface area (Å²) in [7, 11) is 9.03. The van der Waals surface area contributed by atoms with Crippen LogP contribution in [0.25, 0.3) is 0 Å². The Hall–Kier alpha value is -0.0156. The van der Waals surface area contributed by atoms with E-state index in [1.807, 2.05) is 12.2 Å². The van der Waals surface area contributed by atoms with E-state index in [0.29, 0.717) is 0 Å². The van der Waals surface area contributed by atoms with Gasteiger partial charge in [0.1, 0.15) is 0 Å². The number of nitrogens with zero attached hydrogens (tertiary/aromatic N) is 2. The van der Waals surface area contributed by atoms with Crippen molar-refractivity contribution in [2.45, 2.75) is 26.7 Å². The fourth-order valence-electron chi connectivity index (χ4n) is 3.34. The quantitative estimate of drug-likeness (QED) is 0.515. The van der Waals surface area contributed by atoms with Crippen LogP contribution in [0.5, 0.6) is 0 Å². The molecule has 0 saturated carbocycles. The number of hydrogen-bond acceptors (Lipinski definition) is 0. The minimum Gasteiger partial charge on any atom is -0.328 e. The first-order chi connectivity index (χ1) is 9.21. The van der Waals surface area contributed by atoms with E-state index in [9.17, 15) is 0 Å². The van der Waals surface area contributed by atoms with Crippen LogP contribution in [-0.4, -0.2) is 63.3 Å². The first kappa shape index (κ1) is 23.3. The van der Waals surface area contributed by atoms with Gasteiger partial charge in [-0.25, -0.2) is 0 Å². The normalized spacial score (nSPS) is 23.5. The number of hydrogen-bond donors (Lipinski definition) is 0. The van der Waals surface area contributed by atoms with E-state index in [2.05, 4.69) is 55.2 Å². The summed E-state index contributed by atoms with van der Waals surface area (Å²) in [6.07, 6.45) is 6.62. The number of quaternary nitrogens is 2. The van der Waals surface area contributed by atoms with E-state index in [-0.39, 0.29) is 18.6 Å². The molecule has 2 unspecified atom stereocenters. The molecule has 2 nitrogen and oxygen atoms in total. The summed E-state index contributed by atoms with van der Waals surface area (Å²) in [5, 5.41) is 0. The monoisotopic (exact) mass is 333 g/mol. The zero-order valence-electron chi connectivity index (χ0n) is 15.3. The van der Waals surface area contributed by atoms with E-state index in [1.165, 1.54) is 30.4 Å². The minimum atomic E-state index is 0. The van der Waals surface area contributed by atoms with Crippen molar-refractivity contribution in [3.05, 3.63) is 25.3 Å². The maximum Gasteiger partial charge on any atom is 0.0969 e. The molecule has 0 aromatic rings. The van der Waals surface area contributed by atoms with Crippen LogP contribution in [0.1, 0.15) is 26.7 Å². The summed E-state index contributed by atoms with van der Waals surface area (Å²) >= 11 is 0. The van der Waals surface area contributed by atoms with Gasteiger partial charge in [0.2, 0.25) is 0 Å². The van der Waals surface area contributed by atoms with Crippen molar-refractivity contribution >= 4 is 0 Å². The SMILES string of the molecule is C=CC[N+](C)(C)CC=C.CCC1C[N+](C)(C)CC1CC.[V]. The summed E-state index contributed by atoms with van der Waals surface area (Å²) in [6, 6.07) is 0. The summed E-state index contributed by atoms with van der Waals surface area (Å²) in [5.74, 6) is 1.99. The van der Waals surface area contributed by atoms with Crippen LogP contribution in [0.15, 0.2) is 25.3 Å². The molecule has 3 heteroatoms. The zero-order valence-corrected chi connectivity index (χ0v) is 16.7. The van der Waals surface area contributed by atoms with Gasteiger partial charge in [-0.05, 0) is 25.0 Å². The number of likely N-dealkylation sites (tertiary alicyclic amines) is 1. The van der Waals surface area contributed by atoms with Gasteiger partial charge in [-0.3, -0.25) is 0 Å². The van der Waals surface area contributed by atoms with Gasteiger partial charge in [-0.1, -0.05) is 27.0 Å². The Morgan fingerprint density at radius 3 is 1.52 bits per heavy atom. The Balaban J connectivity index is 0. The van der Waals surface area contributed by atoms with Crippen molar-refractivity contribution in [1.29, 1.82) is 0 Å². The van der Waals surface area contributed by atoms with Gasteiger partial charge in [-0.15, -0.1) is 0 Å². The van der Waals surface area contributed by atoms with Gasteiger partial charge in [0, 0.05) is 30.4 Å². The first-order valence-electron chi connectivity index (χ1n) is 8.07. The smallest absolute Gasteiger partial charge is 0.0969 e. The van der Waals surface area contributed by atoms with Gasteiger partial charge in [0.05, 0.1) is 54.4 Å². The maximum absolute atomic E-state index is 3.68. The maximum atomic E-state index is 3.68. The molecule has 0 amide bonds. The molecular weight excluding hydrogens is 295 g/mol. The largest absolute Gasteiger partial charge is 0.328 e. The van der Waals surface area contributed by atoms with Crippen molar-refractivity contribution in [3.8, 4) is 0 Å². The van der Waals surface area contributed by atoms with Crippen LogP contribution in [0, 0.1) is 11.8 Å². The average molecular weight is 333 g/mol. The Morgan fingerprint density at radius 2 is 1.29 bits per heavy atom. The van der Waals surface area contributed by atoms with E-state index >= 15 is 0 Å². The third-order valence-electron chi connectivity index (χ3n) is 4.42. The Kier molecular flexibility index (Phi) is 11.8. The van der Waals surface area contributed by atoms with Crippen molar-refractivity contribution in [3.63, 3.8) is 0 Å². The molecule has 1 heterocycles. The van der Waals surface area contributed by atoms with Crippen LogP contribution in [0.2, 0.25) is 0 Å². The van der Waals surface area contributed by atoms with Crippen molar-refractivity contribution in [2.24, 2.45) is 11.8 Å². The predicted molar refractivity (Wildman–Crippen MR) is 91.6 cm³/mol. The number of rotatable bonds is 6. The van der Waals surface area contributed by atoms with Gasteiger partial charge >= 0.3 is 0 Å². The molecule has 123 valence electrons. The summed E-state index contributed by atoms with van der Waals surface area (Å²) in [6.45, 7) is 16.8. The molecule has 0 aromatic heterocycles. The summed E-state index contributed by atoms with van der Waals surface area (Å²) in [4.78, 5) is 0.